The number of benzene rings is 16. The number of aromatic nitrogens is 5. The predicted molar refractivity (Wildman–Crippen MR) is 466 cm³/mol. The quantitative estimate of drug-likeness (QED) is 0.101. The summed E-state index contributed by atoms with van der Waals surface area (Å²) in [6.07, 6.45) is 0. The van der Waals surface area contributed by atoms with Crippen LogP contribution in [0.4, 0.5) is 34.1 Å². The zero-order valence-electron chi connectivity index (χ0n) is 61.0. The molecule has 0 bridgehead atoms. The van der Waals surface area contributed by atoms with Crippen LogP contribution in [0.3, 0.4) is 0 Å². The maximum absolute atomic E-state index is 5.60. The van der Waals surface area contributed by atoms with E-state index < -0.39 is 0 Å². The van der Waals surface area contributed by atoms with Crippen molar-refractivity contribution in [3.8, 4) is 129 Å². The smallest absolute Gasteiger partial charge is 0.252 e. The van der Waals surface area contributed by atoms with Crippen LogP contribution < -0.4 is 26.2 Å². The molecule has 522 valence electrons. The molecule has 0 spiro atoms. The lowest BCUT2D eigenvalue weighted by atomic mass is 9.33. The SMILES string of the molecule is c1ccc(-c2cc(-c3ccccc3)cc(N3c4ccccc4B4c5ccccc5N(c5cc(-c6ccccc6)cc(-c6ccccc6)c5)c5cc(-c6ccc7c(c6)c6ccccc6n7-c6c(-c7nc(-c8ccccc8)cc(-c8ccccc8)n7)cccc6-c6nc(-c7ccccc7)cc(-c7ccccc7)n6)cc3c54)c2)cc1. The van der Waals surface area contributed by atoms with Crippen LogP contribution >= 0.6 is 0 Å². The van der Waals surface area contributed by atoms with Crippen molar-refractivity contribution in [2.75, 3.05) is 9.80 Å². The predicted octanol–water partition coefficient (Wildman–Crippen LogP) is 24.8. The summed E-state index contributed by atoms with van der Waals surface area (Å²) in [7, 11) is 0. The molecule has 3 aromatic heterocycles. The number of anilines is 6. The Bertz CT molecular complexity index is 6230. The van der Waals surface area contributed by atoms with Gasteiger partial charge in [0.2, 0.25) is 0 Å². The topological polar surface area (TPSA) is 63.0 Å². The molecule has 112 heavy (non-hydrogen) atoms. The molecule has 0 aliphatic carbocycles. The summed E-state index contributed by atoms with van der Waals surface area (Å²) in [4.78, 5) is 27.5. The van der Waals surface area contributed by atoms with Crippen LogP contribution in [0.15, 0.2) is 413 Å². The fourth-order valence-electron chi connectivity index (χ4n) is 17.0. The van der Waals surface area contributed by atoms with Gasteiger partial charge < -0.3 is 14.4 Å². The van der Waals surface area contributed by atoms with Crippen LogP contribution in [-0.4, -0.2) is 31.2 Å². The number of para-hydroxylation sites is 4. The molecule has 19 aromatic rings. The molecule has 21 rings (SSSR count). The van der Waals surface area contributed by atoms with Crippen LogP contribution in [0.5, 0.6) is 0 Å². The Kier molecular flexibility index (Phi) is 16.2. The molecule has 8 heteroatoms. The van der Waals surface area contributed by atoms with E-state index in [9.17, 15) is 0 Å². The average molecular weight is 1430 g/mol. The van der Waals surface area contributed by atoms with Crippen LogP contribution in [0, 0.1) is 0 Å². The van der Waals surface area contributed by atoms with E-state index in [2.05, 4.69) is 403 Å². The Labute approximate surface area is 650 Å². The molecule has 0 radical (unpaired) electrons. The van der Waals surface area contributed by atoms with E-state index in [0.717, 1.165) is 173 Å². The number of nitrogens with zero attached hydrogens (tertiary/aromatic N) is 7. The highest BCUT2D eigenvalue weighted by Crippen LogP contribution is 2.50. The van der Waals surface area contributed by atoms with Crippen molar-refractivity contribution < 1.29 is 0 Å². The molecule has 0 atom stereocenters. The molecule has 2 aliphatic heterocycles. The number of hydrogen-bond acceptors (Lipinski definition) is 6. The molecule has 0 saturated heterocycles. The highest BCUT2D eigenvalue weighted by atomic mass is 15.2. The van der Waals surface area contributed by atoms with Gasteiger partial charge >= 0.3 is 0 Å². The minimum Gasteiger partial charge on any atom is -0.311 e. The van der Waals surface area contributed by atoms with Crippen molar-refractivity contribution >= 4 is 79.0 Å². The molecule has 2 aliphatic rings. The first-order valence-corrected chi connectivity index (χ1v) is 38.2. The van der Waals surface area contributed by atoms with E-state index in [1.807, 2.05) is 24.3 Å². The van der Waals surface area contributed by atoms with E-state index in [0.29, 0.717) is 11.6 Å². The van der Waals surface area contributed by atoms with Crippen LogP contribution in [0.2, 0.25) is 0 Å². The fraction of sp³-hybridized carbons (Fsp3) is 0. The van der Waals surface area contributed by atoms with E-state index in [4.69, 9.17) is 19.9 Å². The van der Waals surface area contributed by atoms with Crippen molar-refractivity contribution in [1.82, 2.24) is 24.5 Å². The second-order valence-corrected chi connectivity index (χ2v) is 28.8. The summed E-state index contributed by atoms with van der Waals surface area (Å²) in [5.74, 6) is 1.13. The van der Waals surface area contributed by atoms with Gasteiger partial charge in [0.1, 0.15) is 0 Å². The van der Waals surface area contributed by atoms with E-state index in [1.165, 1.54) is 16.4 Å². The lowest BCUT2D eigenvalue weighted by molar-refractivity contribution is 1.12. The highest BCUT2D eigenvalue weighted by molar-refractivity contribution is 7.00. The van der Waals surface area contributed by atoms with Gasteiger partial charge in [0.15, 0.2) is 11.6 Å². The first-order valence-electron chi connectivity index (χ1n) is 38.2. The lowest BCUT2D eigenvalue weighted by Crippen LogP contribution is -2.61. The lowest BCUT2D eigenvalue weighted by Gasteiger charge is -2.44. The van der Waals surface area contributed by atoms with Gasteiger partial charge in [-0.3, -0.25) is 0 Å². The third kappa shape index (κ3) is 11.6. The maximum Gasteiger partial charge on any atom is 0.252 e. The molecule has 7 nitrogen and oxygen atoms in total. The van der Waals surface area contributed by atoms with E-state index >= 15 is 0 Å². The summed E-state index contributed by atoms with van der Waals surface area (Å²) < 4.78 is 2.42. The fourth-order valence-corrected chi connectivity index (χ4v) is 17.0. The molecule has 0 fully saturated rings. The largest absolute Gasteiger partial charge is 0.311 e. The first kappa shape index (κ1) is 65.4. The zero-order chi connectivity index (χ0) is 74.0. The van der Waals surface area contributed by atoms with Gasteiger partial charge in [0, 0.05) is 78.3 Å². The Morgan fingerprint density at radius 1 is 0.205 bits per heavy atom. The highest BCUT2D eigenvalue weighted by Gasteiger charge is 2.44. The van der Waals surface area contributed by atoms with Crippen molar-refractivity contribution in [1.29, 1.82) is 0 Å². The molecular formula is C104H68BN7. The van der Waals surface area contributed by atoms with Gasteiger partial charge in [-0.1, -0.05) is 309 Å². The Morgan fingerprint density at radius 2 is 0.527 bits per heavy atom. The van der Waals surface area contributed by atoms with Gasteiger partial charge in [-0.25, -0.2) is 19.9 Å². The molecule has 0 unspecified atom stereocenters. The van der Waals surface area contributed by atoms with Crippen molar-refractivity contribution in [3.05, 3.63) is 413 Å². The minimum absolute atomic E-state index is 0.132. The van der Waals surface area contributed by atoms with Crippen LogP contribution in [0.1, 0.15) is 0 Å². The summed E-state index contributed by atoms with van der Waals surface area (Å²) in [6.45, 7) is -0.132. The van der Waals surface area contributed by atoms with Crippen LogP contribution in [0.25, 0.3) is 151 Å². The first-order chi connectivity index (χ1) is 55.5. The summed E-state index contributed by atoms with van der Waals surface area (Å²) in [5, 5.41) is 2.15. The average Bonchev–Trinajstić information content (AvgIpc) is 1.59. The third-order valence-corrected chi connectivity index (χ3v) is 22.1. The number of fused-ring (bicyclic) bond motifs is 7. The van der Waals surface area contributed by atoms with E-state index in [-0.39, 0.29) is 6.71 Å². The molecule has 0 N–H and O–H groups in total. The summed E-state index contributed by atoms with van der Waals surface area (Å²) in [6, 6.07) is 149. The molecule has 0 saturated carbocycles. The van der Waals surface area contributed by atoms with Crippen molar-refractivity contribution in [3.63, 3.8) is 0 Å². The van der Waals surface area contributed by atoms with E-state index in [1.54, 1.807) is 0 Å². The monoisotopic (exact) mass is 1430 g/mol. The Hall–Kier alpha value is -14.9. The zero-order valence-corrected chi connectivity index (χ0v) is 61.0. The third-order valence-electron chi connectivity index (χ3n) is 22.1. The number of hydrogen-bond donors (Lipinski definition) is 0. The van der Waals surface area contributed by atoms with Gasteiger partial charge in [0.25, 0.3) is 6.71 Å². The van der Waals surface area contributed by atoms with Gasteiger partial charge in [-0.15, -0.1) is 0 Å². The molecule has 16 aromatic carbocycles. The van der Waals surface area contributed by atoms with Gasteiger partial charge in [-0.2, -0.15) is 0 Å². The Morgan fingerprint density at radius 3 is 0.911 bits per heavy atom. The summed E-state index contributed by atoms with van der Waals surface area (Å²) in [5.41, 5.74) is 33.1. The van der Waals surface area contributed by atoms with Crippen molar-refractivity contribution in [2.24, 2.45) is 0 Å². The van der Waals surface area contributed by atoms with Gasteiger partial charge in [-0.05, 0) is 175 Å². The second-order valence-electron chi connectivity index (χ2n) is 28.8. The maximum atomic E-state index is 5.60. The summed E-state index contributed by atoms with van der Waals surface area (Å²) >= 11 is 0. The van der Waals surface area contributed by atoms with Crippen LogP contribution in [-0.2, 0) is 0 Å². The van der Waals surface area contributed by atoms with Crippen molar-refractivity contribution in [2.45, 2.75) is 0 Å². The minimum atomic E-state index is -0.132. The standard InChI is InChI=1S/C104H68BN7/c1-9-32-69(33-10-1)78-58-79(70-34-11-2-12-35-70)61-83(60-78)110-97-54-29-26-51-89(97)105-90-52-27-30-55-98(90)111(84-62-80(71-36-13-3-14-37-71)59-81(63-84)72-38-15-4-16-39-72)100-66-82(65-99(110)101(100)105)77-56-57-96-88(64-77)85-48-25-28-53-95(85)112(96)102-86(103-106-91(73-40-17-5-18-41-73)67-92(107-103)74-42-19-6-20-43-74)49-31-50-87(102)104-108-93(75-44-21-7-22-45-75)68-94(109-104)76-46-23-8-24-47-76/h1-68H. The van der Waals surface area contributed by atoms with Gasteiger partial charge in [0.05, 0.1) is 39.5 Å². The molecular weight excluding hydrogens is 1360 g/mol. The molecule has 0 amide bonds. The second kappa shape index (κ2) is 27.7. The number of rotatable bonds is 14. The normalized spacial score (nSPS) is 12.1. The Balaban J connectivity index is 0.842. The molecule has 5 heterocycles.